The molecule has 2 heterocycles. The Balaban J connectivity index is 1.76. The van der Waals surface area contributed by atoms with Crippen LogP contribution in [0, 0.1) is 6.92 Å². The van der Waals surface area contributed by atoms with Crippen LogP contribution in [0.4, 0.5) is 0 Å². The molecule has 1 aliphatic heterocycles. The predicted octanol–water partition coefficient (Wildman–Crippen LogP) is 2.22. The van der Waals surface area contributed by atoms with E-state index in [2.05, 4.69) is 9.88 Å². The molecule has 1 aromatic heterocycles. The molecule has 0 bridgehead atoms. The van der Waals surface area contributed by atoms with Gasteiger partial charge in [0.2, 0.25) is 0 Å². The lowest BCUT2D eigenvalue weighted by atomic mass is 10.1. The van der Waals surface area contributed by atoms with Gasteiger partial charge in [0.15, 0.2) is 0 Å². The number of fused-ring (bicyclic) bond motifs is 1. The van der Waals surface area contributed by atoms with Crippen LogP contribution >= 0.6 is 0 Å². The van der Waals surface area contributed by atoms with Gasteiger partial charge in [-0.15, -0.1) is 0 Å². The molecule has 0 unspecified atom stereocenters. The number of aryl methyl sites for hydroxylation is 1. The fraction of sp³-hybridized carbons (Fsp3) is 0.286. The second-order valence-electron chi connectivity index (χ2n) is 6.97. The highest BCUT2D eigenvalue weighted by Gasteiger charge is 2.14. The maximum absolute atomic E-state index is 13.1. The normalized spacial score (nSPS) is 15.0. The Hall–Kier alpha value is -3.03. The second kappa shape index (κ2) is 7.53. The first-order valence-corrected chi connectivity index (χ1v) is 9.17. The first-order chi connectivity index (χ1) is 13.5. The van der Waals surface area contributed by atoms with Gasteiger partial charge >= 0.3 is 5.97 Å². The van der Waals surface area contributed by atoms with E-state index >= 15 is 0 Å². The van der Waals surface area contributed by atoms with Gasteiger partial charge in [-0.2, -0.15) is 0 Å². The predicted molar refractivity (Wildman–Crippen MR) is 105 cm³/mol. The Morgan fingerprint density at radius 2 is 1.96 bits per heavy atom. The minimum absolute atomic E-state index is 0.133. The van der Waals surface area contributed by atoms with Crippen molar-refractivity contribution in [1.29, 1.82) is 0 Å². The minimum atomic E-state index is -1.03. The van der Waals surface area contributed by atoms with Gasteiger partial charge in [-0.05, 0) is 42.3 Å². The zero-order valence-electron chi connectivity index (χ0n) is 15.6. The second-order valence-corrected chi connectivity index (χ2v) is 6.97. The van der Waals surface area contributed by atoms with Crippen LogP contribution in [0.1, 0.15) is 21.5 Å². The van der Waals surface area contributed by atoms with Crippen molar-refractivity contribution in [3.05, 3.63) is 69.8 Å². The smallest absolute Gasteiger partial charge is 0.335 e. The van der Waals surface area contributed by atoms with Crippen LogP contribution in [0.5, 0.6) is 0 Å². The SMILES string of the molecule is Cc1ccc(C(=O)O)cc1-n1cnc2ccc(CN3CCOCC3)cc2c1=O. The van der Waals surface area contributed by atoms with Crippen LogP contribution in [0.25, 0.3) is 16.6 Å². The lowest BCUT2D eigenvalue weighted by molar-refractivity contribution is 0.0342. The zero-order valence-corrected chi connectivity index (χ0v) is 15.6. The van der Waals surface area contributed by atoms with E-state index in [1.54, 1.807) is 6.07 Å². The van der Waals surface area contributed by atoms with Crippen molar-refractivity contribution in [2.45, 2.75) is 13.5 Å². The summed E-state index contributed by atoms with van der Waals surface area (Å²) in [4.78, 5) is 31.2. The number of hydrogen-bond acceptors (Lipinski definition) is 5. The molecular weight excluding hydrogens is 358 g/mol. The van der Waals surface area contributed by atoms with Crippen LogP contribution < -0.4 is 5.56 Å². The zero-order chi connectivity index (χ0) is 19.7. The summed E-state index contributed by atoms with van der Waals surface area (Å²) >= 11 is 0. The molecule has 0 amide bonds. The first kappa shape index (κ1) is 18.3. The average molecular weight is 379 g/mol. The molecule has 2 aromatic carbocycles. The Bertz CT molecular complexity index is 1100. The van der Waals surface area contributed by atoms with E-state index in [1.165, 1.54) is 23.0 Å². The Morgan fingerprint density at radius 1 is 1.18 bits per heavy atom. The van der Waals surface area contributed by atoms with Gasteiger partial charge in [-0.1, -0.05) is 12.1 Å². The van der Waals surface area contributed by atoms with E-state index in [0.29, 0.717) is 16.6 Å². The molecule has 0 saturated carbocycles. The molecule has 1 N–H and O–H groups in total. The highest BCUT2D eigenvalue weighted by molar-refractivity contribution is 5.88. The van der Waals surface area contributed by atoms with Gasteiger partial charge in [-0.3, -0.25) is 14.3 Å². The van der Waals surface area contributed by atoms with Gasteiger partial charge < -0.3 is 9.84 Å². The number of rotatable bonds is 4. The first-order valence-electron chi connectivity index (χ1n) is 9.17. The van der Waals surface area contributed by atoms with Gasteiger partial charge in [0.1, 0.15) is 6.33 Å². The minimum Gasteiger partial charge on any atom is -0.478 e. The van der Waals surface area contributed by atoms with Crippen LogP contribution in [0.2, 0.25) is 0 Å². The van der Waals surface area contributed by atoms with Crippen LogP contribution in [-0.4, -0.2) is 51.8 Å². The Labute approximate surface area is 161 Å². The molecule has 3 aromatic rings. The van der Waals surface area contributed by atoms with Crippen molar-refractivity contribution in [2.24, 2.45) is 0 Å². The molecule has 4 rings (SSSR count). The van der Waals surface area contributed by atoms with Crippen LogP contribution in [0.15, 0.2) is 47.5 Å². The number of nitrogens with zero attached hydrogens (tertiary/aromatic N) is 3. The number of carboxylic acid groups (broad SMARTS) is 1. The van der Waals surface area contributed by atoms with Crippen molar-refractivity contribution in [1.82, 2.24) is 14.5 Å². The summed E-state index contributed by atoms with van der Waals surface area (Å²) < 4.78 is 6.80. The van der Waals surface area contributed by atoms with E-state index in [1.807, 2.05) is 25.1 Å². The molecule has 0 aliphatic carbocycles. The molecule has 28 heavy (non-hydrogen) atoms. The quantitative estimate of drug-likeness (QED) is 0.748. The molecule has 7 nitrogen and oxygen atoms in total. The number of aromatic carboxylic acids is 1. The molecule has 0 radical (unpaired) electrons. The van der Waals surface area contributed by atoms with E-state index in [-0.39, 0.29) is 11.1 Å². The average Bonchev–Trinajstić information content (AvgIpc) is 2.70. The molecule has 1 aliphatic rings. The van der Waals surface area contributed by atoms with E-state index in [0.717, 1.165) is 44.0 Å². The third kappa shape index (κ3) is 3.54. The van der Waals surface area contributed by atoms with Gasteiger partial charge in [0.25, 0.3) is 5.56 Å². The lowest BCUT2D eigenvalue weighted by Crippen LogP contribution is -2.35. The number of aromatic nitrogens is 2. The van der Waals surface area contributed by atoms with Crippen LogP contribution in [-0.2, 0) is 11.3 Å². The third-order valence-electron chi connectivity index (χ3n) is 5.05. The lowest BCUT2D eigenvalue weighted by Gasteiger charge is -2.26. The summed E-state index contributed by atoms with van der Waals surface area (Å²) in [6.07, 6.45) is 1.46. The van der Waals surface area contributed by atoms with Crippen molar-refractivity contribution in [2.75, 3.05) is 26.3 Å². The van der Waals surface area contributed by atoms with E-state index < -0.39 is 5.97 Å². The number of ether oxygens (including phenoxy) is 1. The fourth-order valence-corrected chi connectivity index (χ4v) is 3.46. The van der Waals surface area contributed by atoms with Crippen molar-refractivity contribution >= 4 is 16.9 Å². The Morgan fingerprint density at radius 3 is 2.71 bits per heavy atom. The summed E-state index contributed by atoms with van der Waals surface area (Å²) in [5, 5.41) is 9.79. The maximum Gasteiger partial charge on any atom is 0.335 e. The number of carbonyl (C=O) groups is 1. The van der Waals surface area contributed by atoms with Crippen LogP contribution in [0.3, 0.4) is 0 Å². The molecule has 144 valence electrons. The van der Waals surface area contributed by atoms with Crippen molar-refractivity contribution in [3.63, 3.8) is 0 Å². The van der Waals surface area contributed by atoms with Crippen molar-refractivity contribution < 1.29 is 14.6 Å². The maximum atomic E-state index is 13.1. The fourth-order valence-electron chi connectivity index (χ4n) is 3.46. The largest absolute Gasteiger partial charge is 0.478 e. The molecule has 0 atom stereocenters. The van der Waals surface area contributed by atoms with Gasteiger partial charge in [0.05, 0.1) is 35.4 Å². The molecule has 0 spiro atoms. The highest BCUT2D eigenvalue weighted by atomic mass is 16.5. The summed E-state index contributed by atoms with van der Waals surface area (Å²) in [6.45, 7) is 5.78. The third-order valence-corrected chi connectivity index (χ3v) is 5.05. The standard InChI is InChI=1S/C21H21N3O4/c1-14-2-4-16(21(26)27)11-19(14)24-13-22-18-5-3-15(10-17(18)20(24)25)12-23-6-8-28-9-7-23/h2-5,10-11,13H,6-9,12H2,1H3,(H,26,27). The molecule has 1 fully saturated rings. The number of morpholine rings is 1. The monoisotopic (exact) mass is 379 g/mol. The topological polar surface area (TPSA) is 84.7 Å². The summed E-state index contributed by atoms with van der Waals surface area (Å²) in [5.41, 5.74) is 2.92. The van der Waals surface area contributed by atoms with E-state index in [4.69, 9.17) is 4.74 Å². The molecule has 1 saturated heterocycles. The number of hydrogen-bond donors (Lipinski definition) is 1. The summed E-state index contributed by atoms with van der Waals surface area (Å²) in [6, 6.07) is 10.5. The van der Waals surface area contributed by atoms with Gasteiger partial charge in [0, 0.05) is 19.6 Å². The number of benzene rings is 2. The molecule has 7 heteroatoms. The van der Waals surface area contributed by atoms with Crippen molar-refractivity contribution in [3.8, 4) is 5.69 Å². The summed E-state index contributed by atoms with van der Waals surface area (Å²) in [5.74, 6) is -1.03. The van der Waals surface area contributed by atoms with Gasteiger partial charge in [-0.25, -0.2) is 9.78 Å². The number of carboxylic acids is 1. The molecular formula is C21H21N3O4. The Kier molecular flexibility index (Phi) is 4.93. The highest BCUT2D eigenvalue weighted by Crippen LogP contribution is 2.18. The van der Waals surface area contributed by atoms with E-state index in [9.17, 15) is 14.7 Å². The summed E-state index contributed by atoms with van der Waals surface area (Å²) in [7, 11) is 0.